The van der Waals surface area contributed by atoms with Crippen LogP contribution in [-0.2, 0) is 17.9 Å². The first-order valence-electron chi connectivity index (χ1n) is 6.74. The zero-order chi connectivity index (χ0) is 15.4. The Morgan fingerprint density at radius 3 is 2.81 bits per heavy atom. The molecule has 6 heteroatoms. The van der Waals surface area contributed by atoms with E-state index in [0.29, 0.717) is 0 Å². The van der Waals surface area contributed by atoms with Crippen LogP contribution in [0, 0.1) is 13.8 Å². The van der Waals surface area contributed by atoms with Gasteiger partial charge < -0.3 is 10.6 Å². The van der Waals surface area contributed by atoms with E-state index in [4.69, 9.17) is 0 Å². The second-order valence-corrected chi connectivity index (χ2v) is 5.81. The highest BCUT2D eigenvalue weighted by Gasteiger charge is 2.13. The molecule has 1 aromatic carbocycles. The molecule has 1 heterocycles. The number of aromatic nitrogens is 2. The van der Waals surface area contributed by atoms with Crippen LogP contribution in [0.4, 0.5) is 5.69 Å². The third kappa shape index (κ3) is 3.92. The Labute approximate surface area is 132 Å². The van der Waals surface area contributed by atoms with Gasteiger partial charge in [0.05, 0.1) is 5.69 Å². The molecule has 0 saturated heterocycles. The first-order valence-corrected chi connectivity index (χ1v) is 7.53. The summed E-state index contributed by atoms with van der Waals surface area (Å²) in [6.07, 6.45) is 0. The second-order valence-electron chi connectivity index (χ2n) is 4.90. The Hall–Kier alpha value is -1.66. The van der Waals surface area contributed by atoms with Gasteiger partial charge in [0.25, 0.3) is 0 Å². The fourth-order valence-electron chi connectivity index (χ4n) is 2.22. The van der Waals surface area contributed by atoms with Crippen molar-refractivity contribution in [3.8, 4) is 0 Å². The van der Waals surface area contributed by atoms with E-state index in [1.165, 1.54) is 0 Å². The van der Waals surface area contributed by atoms with Crippen LogP contribution in [0.2, 0.25) is 0 Å². The predicted octanol–water partition coefficient (Wildman–Crippen LogP) is 2.62. The highest BCUT2D eigenvalue weighted by molar-refractivity contribution is 9.10. The lowest BCUT2D eigenvalue weighted by molar-refractivity contribution is -0.116. The number of aryl methyl sites for hydroxylation is 1. The Morgan fingerprint density at radius 2 is 2.14 bits per heavy atom. The molecule has 0 unspecified atom stereocenters. The summed E-state index contributed by atoms with van der Waals surface area (Å²) in [7, 11) is 1.90. The van der Waals surface area contributed by atoms with Crippen LogP contribution in [-0.4, -0.2) is 22.7 Å². The quantitative estimate of drug-likeness (QED) is 0.871. The van der Waals surface area contributed by atoms with Crippen LogP contribution < -0.4 is 10.6 Å². The fourth-order valence-corrected chi connectivity index (χ4v) is 2.62. The number of nitrogens with one attached hydrogen (secondary N) is 2. The van der Waals surface area contributed by atoms with Gasteiger partial charge >= 0.3 is 0 Å². The molecule has 0 radical (unpaired) electrons. The van der Waals surface area contributed by atoms with Crippen molar-refractivity contribution in [3.05, 3.63) is 45.7 Å². The normalized spacial score (nSPS) is 10.7. The van der Waals surface area contributed by atoms with Gasteiger partial charge in [0, 0.05) is 28.0 Å². The lowest BCUT2D eigenvalue weighted by atomic mass is 10.2. The minimum atomic E-state index is -0.0882. The van der Waals surface area contributed by atoms with Crippen LogP contribution in [0.1, 0.15) is 17.0 Å². The number of halogens is 1. The van der Waals surface area contributed by atoms with Crippen LogP contribution >= 0.6 is 15.9 Å². The number of amides is 1. The van der Waals surface area contributed by atoms with Crippen molar-refractivity contribution in [2.75, 3.05) is 12.4 Å². The average Bonchev–Trinajstić information content (AvgIpc) is 2.67. The largest absolute Gasteiger partial charge is 0.324 e. The molecular formula is C15H19BrN4O. The molecule has 0 aliphatic rings. The third-order valence-electron chi connectivity index (χ3n) is 3.29. The standard InChI is InChI=1S/C15H19BrN4O/c1-10-14(8-17-3)11(2)20(19-10)9-15(21)18-13-6-4-5-12(16)7-13/h4-7,17H,8-9H2,1-3H3,(H,18,21). The van der Waals surface area contributed by atoms with E-state index in [2.05, 4.69) is 31.7 Å². The highest BCUT2D eigenvalue weighted by atomic mass is 79.9. The molecule has 0 spiro atoms. The zero-order valence-corrected chi connectivity index (χ0v) is 14.0. The van der Waals surface area contributed by atoms with Gasteiger partial charge in [-0.25, -0.2) is 0 Å². The summed E-state index contributed by atoms with van der Waals surface area (Å²) in [5.74, 6) is -0.0882. The minimum Gasteiger partial charge on any atom is -0.324 e. The predicted molar refractivity (Wildman–Crippen MR) is 87.2 cm³/mol. The number of rotatable bonds is 5. The smallest absolute Gasteiger partial charge is 0.246 e. The summed E-state index contributed by atoms with van der Waals surface area (Å²) in [5.41, 5.74) is 3.89. The number of benzene rings is 1. The molecule has 2 rings (SSSR count). The summed E-state index contributed by atoms with van der Waals surface area (Å²) in [4.78, 5) is 12.1. The Kier molecular flexibility index (Phi) is 5.14. The number of anilines is 1. The summed E-state index contributed by atoms with van der Waals surface area (Å²) < 4.78 is 2.68. The zero-order valence-electron chi connectivity index (χ0n) is 12.4. The van der Waals surface area contributed by atoms with Gasteiger partial charge in [-0.15, -0.1) is 0 Å². The monoisotopic (exact) mass is 350 g/mol. The van der Waals surface area contributed by atoms with Crippen LogP contribution in [0.25, 0.3) is 0 Å². The number of hydrogen-bond donors (Lipinski definition) is 2. The maximum atomic E-state index is 12.1. The number of hydrogen-bond acceptors (Lipinski definition) is 3. The summed E-state index contributed by atoms with van der Waals surface area (Å²) in [6.45, 7) is 4.91. The van der Waals surface area contributed by atoms with E-state index < -0.39 is 0 Å². The molecule has 0 fully saturated rings. The number of nitrogens with zero attached hydrogens (tertiary/aromatic N) is 2. The first kappa shape index (κ1) is 15.7. The Morgan fingerprint density at radius 1 is 1.38 bits per heavy atom. The van der Waals surface area contributed by atoms with Gasteiger partial charge in [0.2, 0.25) is 5.91 Å². The summed E-state index contributed by atoms with van der Waals surface area (Å²) in [5, 5.41) is 10.4. The van der Waals surface area contributed by atoms with Crippen molar-refractivity contribution in [1.82, 2.24) is 15.1 Å². The SMILES string of the molecule is CNCc1c(C)nn(CC(=O)Nc2cccc(Br)c2)c1C. The number of carbonyl (C=O) groups is 1. The van der Waals surface area contributed by atoms with Crippen molar-refractivity contribution in [1.29, 1.82) is 0 Å². The van der Waals surface area contributed by atoms with Gasteiger partial charge in [-0.2, -0.15) is 5.10 Å². The van der Waals surface area contributed by atoms with E-state index in [1.807, 2.05) is 45.2 Å². The third-order valence-corrected chi connectivity index (χ3v) is 3.78. The van der Waals surface area contributed by atoms with E-state index in [0.717, 1.165) is 33.7 Å². The maximum Gasteiger partial charge on any atom is 0.246 e. The Balaban J connectivity index is 2.08. The van der Waals surface area contributed by atoms with E-state index in [-0.39, 0.29) is 12.5 Å². The van der Waals surface area contributed by atoms with E-state index in [9.17, 15) is 4.79 Å². The molecule has 1 amide bonds. The fraction of sp³-hybridized carbons (Fsp3) is 0.333. The molecule has 5 nitrogen and oxygen atoms in total. The molecule has 2 N–H and O–H groups in total. The lowest BCUT2D eigenvalue weighted by Crippen LogP contribution is -2.20. The molecule has 1 aromatic heterocycles. The van der Waals surface area contributed by atoms with Crippen molar-refractivity contribution in [3.63, 3.8) is 0 Å². The van der Waals surface area contributed by atoms with Gasteiger partial charge in [-0.1, -0.05) is 22.0 Å². The van der Waals surface area contributed by atoms with Crippen molar-refractivity contribution >= 4 is 27.5 Å². The van der Waals surface area contributed by atoms with Gasteiger partial charge in [-0.05, 0) is 39.1 Å². The van der Waals surface area contributed by atoms with Gasteiger partial charge in [0.15, 0.2) is 0 Å². The van der Waals surface area contributed by atoms with E-state index in [1.54, 1.807) is 4.68 Å². The van der Waals surface area contributed by atoms with Crippen molar-refractivity contribution in [2.45, 2.75) is 26.9 Å². The van der Waals surface area contributed by atoms with Crippen LogP contribution in [0.15, 0.2) is 28.7 Å². The van der Waals surface area contributed by atoms with Gasteiger partial charge in [0.1, 0.15) is 6.54 Å². The maximum absolute atomic E-state index is 12.1. The molecule has 0 bridgehead atoms. The summed E-state index contributed by atoms with van der Waals surface area (Å²) in [6, 6.07) is 7.52. The van der Waals surface area contributed by atoms with Gasteiger partial charge in [-0.3, -0.25) is 9.48 Å². The topological polar surface area (TPSA) is 59.0 Å². The second kappa shape index (κ2) is 6.87. The number of carbonyl (C=O) groups excluding carboxylic acids is 1. The molecule has 112 valence electrons. The highest BCUT2D eigenvalue weighted by Crippen LogP contribution is 2.16. The molecular weight excluding hydrogens is 332 g/mol. The first-order chi connectivity index (χ1) is 10.0. The molecule has 0 aliphatic carbocycles. The molecule has 0 aliphatic heterocycles. The average molecular weight is 351 g/mol. The molecule has 0 atom stereocenters. The minimum absolute atomic E-state index is 0.0882. The van der Waals surface area contributed by atoms with Crippen molar-refractivity contribution < 1.29 is 4.79 Å². The summed E-state index contributed by atoms with van der Waals surface area (Å²) >= 11 is 3.38. The molecule has 0 saturated carbocycles. The Bertz CT molecular complexity index is 651. The molecule has 2 aromatic rings. The van der Waals surface area contributed by atoms with Crippen LogP contribution in [0.5, 0.6) is 0 Å². The van der Waals surface area contributed by atoms with Crippen molar-refractivity contribution in [2.24, 2.45) is 0 Å². The molecule has 21 heavy (non-hydrogen) atoms. The van der Waals surface area contributed by atoms with E-state index >= 15 is 0 Å². The lowest BCUT2D eigenvalue weighted by Gasteiger charge is -2.07. The van der Waals surface area contributed by atoms with Crippen LogP contribution in [0.3, 0.4) is 0 Å².